The van der Waals surface area contributed by atoms with Crippen molar-refractivity contribution in [2.75, 3.05) is 20.2 Å². The summed E-state index contributed by atoms with van der Waals surface area (Å²) in [5.41, 5.74) is 0.517. The zero-order valence-corrected chi connectivity index (χ0v) is 10.00. The fourth-order valence-electron chi connectivity index (χ4n) is 1.26. The Morgan fingerprint density at radius 2 is 2.11 bits per heavy atom. The minimum atomic E-state index is -0.953. The summed E-state index contributed by atoms with van der Waals surface area (Å²) in [6.45, 7) is 0.844. The molecule has 18 heavy (non-hydrogen) atoms. The Morgan fingerprint density at radius 1 is 1.44 bits per heavy atom. The molecule has 0 bridgehead atoms. The zero-order valence-electron chi connectivity index (χ0n) is 10.00. The minimum absolute atomic E-state index is 0.419. The number of rotatable bonds is 6. The molecule has 1 aromatic rings. The number of amides is 1. The van der Waals surface area contributed by atoms with Crippen LogP contribution in [-0.4, -0.2) is 42.4 Å². The van der Waals surface area contributed by atoms with E-state index in [1.54, 1.807) is 24.3 Å². The molecule has 0 aliphatic rings. The molecule has 0 spiro atoms. The van der Waals surface area contributed by atoms with Gasteiger partial charge in [0.05, 0.1) is 12.3 Å². The van der Waals surface area contributed by atoms with Gasteiger partial charge in [0.1, 0.15) is 5.75 Å². The number of hydrogen-bond donors (Lipinski definition) is 1. The summed E-state index contributed by atoms with van der Waals surface area (Å²) >= 11 is 0. The van der Waals surface area contributed by atoms with E-state index < -0.39 is 6.09 Å². The van der Waals surface area contributed by atoms with Crippen LogP contribution in [0.2, 0.25) is 0 Å². The van der Waals surface area contributed by atoms with Gasteiger partial charge >= 0.3 is 6.09 Å². The number of benzene rings is 1. The molecule has 1 aromatic carbocycles. The molecule has 0 atom stereocenters. The fourth-order valence-corrected chi connectivity index (χ4v) is 1.26. The Bertz CT molecular complexity index is 438. The maximum absolute atomic E-state index is 10.5. The van der Waals surface area contributed by atoms with E-state index in [2.05, 4.69) is 4.99 Å². The molecule has 0 aromatic heterocycles. The van der Waals surface area contributed by atoms with Gasteiger partial charge in [-0.05, 0) is 30.7 Å². The number of nitrogens with zero attached hydrogens (tertiary/aromatic N) is 2. The largest absolute Gasteiger partial charge is 0.494 e. The maximum Gasteiger partial charge on any atom is 0.407 e. The number of aliphatic imine (C=N–C) groups is 1. The lowest BCUT2D eigenvalue weighted by atomic mass is 10.3. The van der Waals surface area contributed by atoms with E-state index in [4.69, 9.17) is 9.84 Å². The predicted molar refractivity (Wildman–Crippen MR) is 65.0 cm³/mol. The number of ether oxygens (including phenoxy) is 1. The van der Waals surface area contributed by atoms with E-state index in [0.29, 0.717) is 31.0 Å². The van der Waals surface area contributed by atoms with Gasteiger partial charge < -0.3 is 14.7 Å². The lowest BCUT2D eigenvalue weighted by Crippen LogP contribution is -2.26. The third-order valence-electron chi connectivity index (χ3n) is 2.24. The molecule has 1 N–H and O–H groups in total. The van der Waals surface area contributed by atoms with Gasteiger partial charge in [0.25, 0.3) is 0 Å². The van der Waals surface area contributed by atoms with Crippen molar-refractivity contribution in [3.8, 4) is 5.75 Å². The third-order valence-corrected chi connectivity index (χ3v) is 2.24. The maximum atomic E-state index is 10.5. The summed E-state index contributed by atoms with van der Waals surface area (Å²) in [6.07, 6.45) is 1.11. The highest BCUT2D eigenvalue weighted by Gasteiger charge is 2.03. The summed E-state index contributed by atoms with van der Waals surface area (Å²) in [5.74, 6) is 0.651. The highest BCUT2D eigenvalue weighted by Crippen LogP contribution is 2.17. The van der Waals surface area contributed by atoms with Gasteiger partial charge in [-0.1, -0.05) is 0 Å². The first kappa shape index (κ1) is 13.7. The van der Waals surface area contributed by atoms with Gasteiger partial charge in [0.2, 0.25) is 6.08 Å². The van der Waals surface area contributed by atoms with Gasteiger partial charge in [-0.3, -0.25) is 0 Å². The van der Waals surface area contributed by atoms with Crippen LogP contribution in [0.4, 0.5) is 10.5 Å². The van der Waals surface area contributed by atoms with Crippen LogP contribution in [-0.2, 0) is 4.79 Å². The molecule has 1 amide bonds. The van der Waals surface area contributed by atoms with E-state index in [0.717, 1.165) is 0 Å². The number of carbonyl (C=O) groups excluding carboxylic acids is 1. The normalized spacial score (nSPS) is 9.39. The predicted octanol–water partition coefficient (Wildman–Crippen LogP) is 2.03. The van der Waals surface area contributed by atoms with Crippen LogP contribution in [0.25, 0.3) is 0 Å². The van der Waals surface area contributed by atoms with Gasteiger partial charge in [-0.25, -0.2) is 9.59 Å². The first-order valence-corrected chi connectivity index (χ1v) is 5.38. The number of isocyanates is 1. The summed E-state index contributed by atoms with van der Waals surface area (Å²) in [4.78, 5) is 25.2. The van der Waals surface area contributed by atoms with E-state index >= 15 is 0 Å². The first-order valence-electron chi connectivity index (χ1n) is 5.38. The van der Waals surface area contributed by atoms with Crippen molar-refractivity contribution in [1.82, 2.24) is 4.90 Å². The summed E-state index contributed by atoms with van der Waals surface area (Å²) < 4.78 is 5.41. The fraction of sp³-hybridized carbons (Fsp3) is 0.333. The van der Waals surface area contributed by atoms with Gasteiger partial charge in [0, 0.05) is 13.6 Å². The van der Waals surface area contributed by atoms with Crippen molar-refractivity contribution in [3.63, 3.8) is 0 Å². The second-order valence-corrected chi connectivity index (χ2v) is 3.60. The molecule has 0 aliphatic heterocycles. The number of hydrogen-bond acceptors (Lipinski definition) is 4. The van der Waals surface area contributed by atoms with Crippen LogP contribution in [0, 0.1) is 0 Å². The highest BCUT2D eigenvalue weighted by atomic mass is 16.5. The summed E-state index contributed by atoms with van der Waals surface area (Å²) in [5, 5.41) is 8.62. The molecule has 0 unspecified atom stereocenters. The van der Waals surface area contributed by atoms with Crippen molar-refractivity contribution in [1.29, 1.82) is 0 Å². The SMILES string of the molecule is CN(CCCOc1ccc(N=C=O)cc1)C(=O)O. The molecule has 6 nitrogen and oxygen atoms in total. The van der Waals surface area contributed by atoms with Gasteiger partial charge in [-0.15, -0.1) is 0 Å². The quantitative estimate of drug-likeness (QED) is 0.476. The average molecular weight is 250 g/mol. The van der Waals surface area contributed by atoms with Gasteiger partial charge in [-0.2, -0.15) is 4.99 Å². The summed E-state index contributed by atoms with van der Waals surface area (Å²) in [7, 11) is 1.51. The standard InChI is InChI=1S/C12H14N2O4/c1-14(12(16)17)7-2-8-18-11-5-3-10(4-6-11)13-9-15/h3-6H,2,7-8H2,1H3,(H,16,17). The number of carbonyl (C=O) groups is 1. The lowest BCUT2D eigenvalue weighted by Gasteiger charge is -2.12. The topological polar surface area (TPSA) is 79.2 Å². The second kappa shape index (κ2) is 7.09. The van der Waals surface area contributed by atoms with Crippen molar-refractivity contribution in [2.24, 2.45) is 4.99 Å². The minimum Gasteiger partial charge on any atom is -0.494 e. The molecular formula is C12H14N2O4. The molecule has 0 aliphatic carbocycles. The molecule has 0 fully saturated rings. The highest BCUT2D eigenvalue weighted by molar-refractivity contribution is 5.64. The Labute approximate surface area is 105 Å². The van der Waals surface area contributed by atoms with Crippen LogP contribution in [0.15, 0.2) is 29.3 Å². The Hall–Kier alpha value is -2.33. The second-order valence-electron chi connectivity index (χ2n) is 3.60. The third kappa shape index (κ3) is 4.67. The van der Waals surface area contributed by atoms with Crippen molar-refractivity contribution in [2.45, 2.75) is 6.42 Å². The van der Waals surface area contributed by atoms with E-state index in [-0.39, 0.29) is 0 Å². The Kier molecular flexibility index (Phi) is 5.41. The molecule has 96 valence electrons. The molecule has 0 saturated heterocycles. The molecule has 0 radical (unpaired) electrons. The van der Waals surface area contributed by atoms with Crippen LogP contribution in [0.3, 0.4) is 0 Å². The van der Waals surface area contributed by atoms with Gasteiger partial charge in [0.15, 0.2) is 0 Å². The molecular weight excluding hydrogens is 236 g/mol. The molecule has 0 heterocycles. The van der Waals surface area contributed by atoms with Crippen LogP contribution in [0.5, 0.6) is 5.75 Å². The van der Waals surface area contributed by atoms with Crippen LogP contribution >= 0.6 is 0 Å². The van der Waals surface area contributed by atoms with Crippen LogP contribution in [0.1, 0.15) is 6.42 Å². The monoisotopic (exact) mass is 250 g/mol. The van der Waals surface area contributed by atoms with Crippen molar-refractivity contribution < 1.29 is 19.4 Å². The molecule has 0 saturated carbocycles. The first-order chi connectivity index (χ1) is 8.63. The lowest BCUT2D eigenvalue weighted by molar-refractivity contribution is 0.152. The van der Waals surface area contributed by atoms with E-state index in [1.165, 1.54) is 18.0 Å². The van der Waals surface area contributed by atoms with E-state index in [9.17, 15) is 9.59 Å². The van der Waals surface area contributed by atoms with E-state index in [1.807, 2.05) is 0 Å². The Balaban J connectivity index is 2.31. The van der Waals surface area contributed by atoms with Crippen LogP contribution < -0.4 is 4.74 Å². The van der Waals surface area contributed by atoms with Crippen molar-refractivity contribution in [3.05, 3.63) is 24.3 Å². The van der Waals surface area contributed by atoms with Crippen molar-refractivity contribution >= 4 is 17.9 Å². The molecule has 1 rings (SSSR count). The number of carboxylic acid groups (broad SMARTS) is 1. The zero-order chi connectivity index (χ0) is 13.4. The summed E-state index contributed by atoms with van der Waals surface area (Å²) in [6, 6.07) is 6.67. The molecule has 6 heteroatoms. The smallest absolute Gasteiger partial charge is 0.407 e. The average Bonchev–Trinajstić information content (AvgIpc) is 2.36. The Morgan fingerprint density at radius 3 is 2.67 bits per heavy atom.